The number of ether oxygens (including phenoxy) is 2. The smallest absolute Gasteiger partial charge is 0.193 e. The van der Waals surface area contributed by atoms with Gasteiger partial charge in [-0.15, -0.1) is 24.0 Å². The number of rotatable bonds is 6. The van der Waals surface area contributed by atoms with Gasteiger partial charge in [0, 0.05) is 65.0 Å². The summed E-state index contributed by atoms with van der Waals surface area (Å²) in [6.45, 7) is 13.8. The second-order valence-corrected chi connectivity index (χ2v) is 8.69. The van der Waals surface area contributed by atoms with Crippen molar-refractivity contribution < 1.29 is 9.47 Å². The summed E-state index contributed by atoms with van der Waals surface area (Å²) >= 11 is 0. The molecule has 0 aromatic carbocycles. The Morgan fingerprint density at radius 3 is 2.48 bits per heavy atom. The fraction of sp³-hybridized carbons (Fsp3) is 0.952. The van der Waals surface area contributed by atoms with Crippen molar-refractivity contribution in [2.75, 3.05) is 72.1 Å². The van der Waals surface area contributed by atoms with Gasteiger partial charge in [-0.25, -0.2) is 0 Å². The van der Waals surface area contributed by atoms with Gasteiger partial charge in [0.2, 0.25) is 0 Å². The minimum absolute atomic E-state index is 0. The Hall–Kier alpha value is -0.160. The van der Waals surface area contributed by atoms with Crippen LogP contribution in [0.25, 0.3) is 0 Å². The highest BCUT2D eigenvalue weighted by atomic mass is 127. The van der Waals surface area contributed by atoms with Crippen LogP contribution in [0.4, 0.5) is 0 Å². The minimum Gasteiger partial charge on any atom is -0.376 e. The first kappa shape index (κ1) is 23.5. The van der Waals surface area contributed by atoms with E-state index in [1.54, 1.807) is 0 Å². The van der Waals surface area contributed by atoms with Crippen LogP contribution >= 0.6 is 24.0 Å². The summed E-state index contributed by atoms with van der Waals surface area (Å²) in [5, 5.41) is 3.52. The summed E-state index contributed by atoms with van der Waals surface area (Å²) in [6.07, 6.45) is 6.51. The number of hydrogen-bond donors (Lipinski definition) is 1. The molecular formula is C21H40IN5O2. The van der Waals surface area contributed by atoms with Gasteiger partial charge >= 0.3 is 0 Å². The number of nitrogens with one attached hydrogen (secondary N) is 1. The summed E-state index contributed by atoms with van der Waals surface area (Å²) in [4.78, 5) is 12.7. The number of guanidine groups is 1. The number of piperidine rings is 1. The standard InChI is InChI=1S/C21H39N5O2.HI/c1-2-22-21(23-15-18-16-24-10-12-25(18)13-11-24)26-8-6-19(7-9-26)28-17-20-5-3-4-14-27-20;/h18-20H,2-17H2,1H3,(H,22,23);1H. The van der Waals surface area contributed by atoms with E-state index >= 15 is 0 Å². The molecule has 5 heterocycles. The summed E-state index contributed by atoms with van der Waals surface area (Å²) in [7, 11) is 0. The maximum absolute atomic E-state index is 6.17. The topological polar surface area (TPSA) is 52.6 Å². The minimum atomic E-state index is 0. The van der Waals surface area contributed by atoms with Gasteiger partial charge in [0.1, 0.15) is 0 Å². The van der Waals surface area contributed by atoms with Crippen LogP contribution in [0.1, 0.15) is 39.0 Å². The number of hydrogen-bond acceptors (Lipinski definition) is 5. The zero-order chi connectivity index (χ0) is 19.2. The highest BCUT2D eigenvalue weighted by Crippen LogP contribution is 2.19. The number of likely N-dealkylation sites (tertiary alicyclic amines) is 1. The number of halogens is 1. The van der Waals surface area contributed by atoms with E-state index in [1.165, 1.54) is 45.6 Å². The number of aliphatic imine (C=N–C) groups is 1. The molecule has 0 saturated carbocycles. The van der Waals surface area contributed by atoms with Gasteiger partial charge in [-0.1, -0.05) is 0 Å². The summed E-state index contributed by atoms with van der Waals surface area (Å²) in [5.41, 5.74) is 0. The quantitative estimate of drug-likeness (QED) is 0.326. The summed E-state index contributed by atoms with van der Waals surface area (Å²) in [6, 6.07) is 0.590. The van der Waals surface area contributed by atoms with Crippen LogP contribution in [-0.4, -0.2) is 111 Å². The molecular weight excluding hydrogens is 481 g/mol. The molecule has 5 fully saturated rings. The Bertz CT molecular complexity index is 501. The Kier molecular flexibility index (Phi) is 9.74. The summed E-state index contributed by atoms with van der Waals surface area (Å²) < 4.78 is 12.0. The normalized spacial score (nSPS) is 33.4. The third-order valence-electron chi connectivity index (χ3n) is 6.71. The van der Waals surface area contributed by atoms with Crippen molar-refractivity contribution >= 4 is 29.9 Å². The van der Waals surface area contributed by atoms with Crippen molar-refractivity contribution in [3.8, 4) is 0 Å². The van der Waals surface area contributed by atoms with Crippen molar-refractivity contribution in [3.63, 3.8) is 0 Å². The summed E-state index contributed by atoms with van der Waals surface area (Å²) in [5.74, 6) is 1.09. The van der Waals surface area contributed by atoms with Crippen molar-refractivity contribution in [1.82, 2.24) is 20.0 Å². The van der Waals surface area contributed by atoms with Gasteiger partial charge in [-0.05, 0) is 39.0 Å². The zero-order valence-corrected chi connectivity index (χ0v) is 20.4. The molecule has 0 aliphatic carbocycles. The van der Waals surface area contributed by atoms with Crippen LogP contribution in [-0.2, 0) is 9.47 Å². The number of nitrogens with zero attached hydrogens (tertiary/aromatic N) is 4. The van der Waals surface area contributed by atoms with Gasteiger partial charge in [0.15, 0.2) is 5.96 Å². The van der Waals surface area contributed by atoms with E-state index in [0.29, 0.717) is 18.2 Å². The van der Waals surface area contributed by atoms with E-state index in [0.717, 1.165) is 64.6 Å². The lowest BCUT2D eigenvalue weighted by Crippen LogP contribution is -2.62. The zero-order valence-electron chi connectivity index (χ0n) is 18.1. The van der Waals surface area contributed by atoms with Gasteiger partial charge in [-0.3, -0.25) is 14.8 Å². The average Bonchev–Trinajstić information content (AvgIpc) is 2.77. The second-order valence-electron chi connectivity index (χ2n) is 8.69. The number of piperazine rings is 3. The van der Waals surface area contributed by atoms with Gasteiger partial charge in [0.25, 0.3) is 0 Å². The van der Waals surface area contributed by atoms with E-state index in [1.807, 2.05) is 0 Å². The first-order chi connectivity index (χ1) is 13.8. The van der Waals surface area contributed by atoms with E-state index in [2.05, 4.69) is 26.9 Å². The predicted molar refractivity (Wildman–Crippen MR) is 127 cm³/mol. The fourth-order valence-electron chi connectivity index (χ4n) is 4.93. The van der Waals surface area contributed by atoms with Crippen LogP contribution in [0, 0.1) is 0 Å². The molecule has 2 bridgehead atoms. The number of fused-ring (bicyclic) bond motifs is 3. The molecule has 5 aliphatic heterocycles. The van der Waals surface area contributed by atoms with Crippen molar-refractivity contribution in [1.29, 1.82) is 0 Å². The van der Waals surface area contributed by atoms with E-state index in [9.17, 15) is 0 Å². The van der Waals surface area contributed by atoms with Crippen LogP contribution in [0.15, 0.2) is 4.99 Å². The molecule has 7 nitrogen and oxygen atoms in total. The monoisotopic (exact) mass is 521 g/mol. The van der Waals surface area contributed by atoms with Gasteiger partial charge in [-0.2, -0.15) is 0 Å². The Morgan fingerprint density at radius 2 is 1.86 bits per heavy atom. The highest BCUT2D eigenvalue weighted by Gasteiger charge is 2.32. The first-order valence-corrected chi connectivity index (χ1v) is 11.5. The van der Waals surface area contributed by atoms with Crippen LogP contribution in [0.3, 0.4) is 0 Å². The molecule has 0 aromatic heterocycles. The van der Waals surface area contributed by atoms with Crippen molar-refractivity contribution in [2.45, 2.75) is 57.3 Å². The molecule has 0 radical (unpaired) electrons. The molecule has 0 aromatic rings. The maximum Gasteiger partial charge on any atom is 0.193 e. The lowest BCUT2D eigenvalue weighted by molar-refractivity contribution is -0.0721. The molecule has 0 amide bonds. The molecule has 5 aliphatic rings. The van der Waals surface area contributed by atoms with Gasteiger partial charge in [0.05, 0.1) is 25.4 Å². The lowest BCUT2D eigenvalue weighted by Gasteiger charge is -2.47. The molecule has 0 spiro atoms. The first-order valence-electron chi connectivity index (χ1n) is 11.5. The second kappa shape index (κ2) is 12.0. The fourth-order valence-corrected chi connectivity index (χ4v) is 4.93. The largest absolute Gasteiger partial charge is 0.376 e. The van der Waals surface area contributed by atoms with Crippen molar-refractivity contribution in [3.05, 3.63) is 0 Å². The molecule has 2 unspecified atom stereocenters. The predicted octanol–water partition coefficient (Wildman–Crippen LogP) is 1.62. The highest BCUT2D eigenvalue weighted by molar-refractivity contribution is 14.0. The maximum atomic E-state index is 6.17. The molecule has 2 atom stereocenters. The molecule has 1 N–H and O–H groups in total. The third kappa shape index (κ3) is 6.66. The molecule has 168 valence electrons. The van der Waals surface area contributed by atoms with E-state index in [-0.39, 0.29) is 24.0 Å². The van der Waals surface area contributed by atoms with Crippen LogP contribution in [0.2, 0.25) is 0 Å². The van der Waals surface area contributed by atoms with Crippen LogP contribution in [0.5, 0.6) is 0 Å². The van der Waals surface area contributed by atoms with E-state index in [4.69, 9.17) is 14.5 Å². The van der Waals surface area contributed by atoms with E-state index < -0.39 is 0 Å². The Balaban J connectivity index is 0.00000240. The Morgan fingerprint density at radius 1 is 1.07 bits per heavy atom. The third-order valence-corrected chi connectivity index (χ3v) is 6.71. The Labute approximate surface area is 193 Å². The van der Waals surface area contributed by atoms with Crippen molar-refractivity contribution in [2.24, 2.45) is 4.99 Å². The average molecular weight is 521 g/mol. The SMILES string of the molecule is CCNC(=NCC1CN2CCN1CC2)N1CCC(OCC2CCCCO2)CC1.I. The van der Waals surface area contributed by atoms with Gasteiger partial charge < -0.3 is 19.7 Å². The lowest BCUT2D eigenvalue weighted by atomic mass is 10.1. The van der Waals surface area contributed by atoms with Crippen LogP contribution < -0.4 is 5.32 Å². The molecule has 5 rings (SSSR count). The molecule has 8 heteroatoms. The molecule has 29 heavy (non-hydrogen) atoms. The molecule has 5 saturated heterocycles.